The van der Waals surface area contributed by atoms with Crippen LogP contribution in [0, 0.1) is 0 Å². The molecule has 0 aliphatic heterocycles. The number of hydrogen-bond acceptors (Lipinski definition) is 3. The average Bonchev–Trinajstić information content (AvgIpc) is 2.60. The number of unbranched alkanes of at least 4 members (excludes halogenated alkanes) is 6. The van der Waals surface area contributed by atoms with Crippen LogP contribution in [-0.2, 0) is 4.79 Å². The van der Waals surface area contributed by atoms with E-state index in [9.17, 15) is 9.90 Å². The molecule has 0 bridgehead atoms. The molecule has 0 saturated carbocycles. The first-order valence-corrected chi connectivity index (χ1v) is 10.6. The first-order valence-electron chi connectivity index (χ1n) is 9.75. The minimum atomic E-state index is -0.786. The van der Waals surface area contributed by atoms with Crippen LogP contribution in [-0.4, -0.2) is 27.5 Å². The molecule has 1 rings (SSSR count). The van der Waals surface area contributed by atoms with Crippen LogP contribution in [0.15, 0.2) is 35.2 Å². The summed E-state index contributed by atoms with van der Waals surface area (Å²) in [6, 6.07) is 10.2. The molecule has 0 saturated heterocycles. The lowest BCUT2D eigenvalue weighted by atomic mass is 10.0. The molecule has 0 aromatic heterocycles. The summed E-state index contributed by atoms with van der Waals surface area (Å²) in [6.45, 7) is 2.23. The lowest BCUT2D eigenvalue weighted by Gasteiger charge is -2.22. The monoisotopic (exact) mass is 366 g/mol. The Morgan fingerprint density at radius 2 is 1.60 bits per heavy atom. The van der Waals surface area contributed by atoms with Gasteiger partial charge in [0.25, 0.3) is 0 Å². The Bertz CT molecular complexity index is 450. The molecule has 1 aromatic carbocycles. The molecule has 2 N–H and O–H groups in total. The van der Waals surface area contributed by atoms with Crippen LogP contribution in [0.2, 0.25) is 0 Å². The smallest absolute Gasteiger partial charge is 0.303 e. The van der Waals surface area contributed by atoms with Crippen molar-refractivity contribution in [2.24, 2.45) is 0 Å². The Morgan fingerprint density at radius 1 is 0.960 bits per heavy atom. The van der Waals surface area contributed by atoms with Crippen molar-refractivity contribution in [2.75, 3.05) is 0 Å². The number of benzene rings is 1. The molecule has 142 valence electrons. The minimum Gasteiger partial charge on any atom is -0.481 e. The number of carboxylic acids is 1. The second kappa shape index (κ2) is 14.2. The van der Waals surface area contributed by atoms with Gasteiger partial charge in [-0.05, 0) is 31.4 Å². The predicted molar refractivity (Wildman–Crippen MR) is 106 cm³/mol. The molecule has 0 aliphatic rings. The highest BCUT2D eigenvalue weighted by atomic mass is 32.2. The third-order valence-electron chi connectivity index (χ3n) is 4.44. The molecule has 2 unspecified atom stereocenters. The Labute approximate surface area is 157 Å². The van der Waals surface area contributed by atoms with Crippen LogP contribution in [0.4, 0.5) is 0 Å². The van der Waals surface area contributed by atoms with E-state index in [0.29, 0.717) is 12.8 Å². The van der Waals surface area contributed by atoms with Gasteiger partial charge in [-0.2, -0.15) is 0 Å². The highest BCUT2D eigenvalue weighted by Gasteiger charge is 2.20. The summed E-state index contributed by atoms with van der Waals surface area (Å²) < 4.78 is 0. The van der Waals surface area contributed by atoms with Crippen LogP contribution in [0.1, 0.15) is 77.6 Å². The zero-order valence-corrected chi connectivity index (χ0v) is 16.3. The fraction of sp³-hybridized carbons (Fsp3) is 0.667. The van der Waals surface area contributed by atoms with Gasteiger partial charge in [-0.1, -0.05) is 70.1 Å². The van der Waals surface area contributed by atoms with Crippen molar-refractivity contribution in [1.82, 2.24) is 0 Å². The van der Waals surface area contributed by atoms with E-state index >= 15 is 0 Å². The van der Waals surface area contributed by atoms with Crippen LogP contribution in [0.5, 0.6) is 0 Å². The normalized spacial score (nSPS) is 13.5. The number of aliphatic carboxylic acids is 1. The largest absolute Gasteiger partial charge is 0.481 e. The molecule has 0 radical (unpaired) electrons. The summed E-state index contributed by atoms with van der Waals surface area (Å²) in [5.41, 5.74) is 0. The molecule has 0 spiro atoms. The number of aliphatic hydroxyl groups excluding tert-OH is 1. The Balaban J connectivity index is 2.40. The SMILES string of the molecule is CCCCCCCCCC(Sc1ccccc1)C(O)CCCC(=O)O. The topological polar surface area (TPSA) is 57.5 Å². The summed E-state index contributed by atoms with van der Waals surface area (Å²) in [4.78, 5) is 11.8. The Kier molecular flexibility index (Phi) is 12.5. The standard InChI is InChI=1S/C21H34O3S/c1-2-3-4-5-6-7-11-16-20(19(22)15-12-17-21(23)24)25-18-13-9-8-10-14-18/h8-10,13-14,19-20,22H,2-7,11-12,15-17H2,1H3,(H,23,24). The van der Waals surface area contributed by atoms with Gasteiger partial charge in [-0.25, -0.2) is 0 Å². The van der Waals surface area contributed by atoms with E-state index in [0.717, 1.165) is 12.8 Å². The van der Waals surface area contributed by atoms with Crippen molar-refractivity contribution in [2.45, 2.75) is 93.8 Å². The molecule has 4 heteroatoms. The fourth-order valence-corrected chi connectivity index (χ4v) is 4.20. The number of thioether (sulfide) groups is 1. The lowest BCUT2D eigenvalue weighted by Crippen LogP contribution is -2.23. The quantitative estimate of drug-likeness (QED) is 0.299. The van der Waals surface area contributed by atoms with Crippen LogP contribution in [0.25, 0.3) is 0 Å². The fourth-order valence-electron chi connectivity index (χ4n) is 2.95. The lowest BCUT2D eigenvalue weighted by molar-refractivity contribution is -0.137. The van der Waals surface area contributed by atoms with Gasteiger partial charge in [0.1, 0.15) is 0 Å². The van der Waals surface area contributed by atoms with E-state index in [1.165, 1.54) is 43.4 Å². The highest BCUT2D eigenvalue weighted by Crippen LogP contribution is 2.30. The first-order chi connectivity index (χ1) is 12.1. The Morgan fingerprint density at radius 3 is 2.24 bits per heavy atom. The zero-order chi connectivity index (χ0) is 18.3. The van der Waals surface area contributed by atoms with E-state index in [-0.39, 0.29) is 11.7 Å². The molecule has 3 nitrogen and oxygen atoms in total. The predicted octanol–water partition coefficient (Wildman–Crippen LogP) is 5.90. The number of hydrogen-bond donors (Lipinski definition) is 2. The summed E-state index contributed by atoms with van der Waals surface area (Å²) >= 11 is 1.73. The number of aliphatic hydroxyl groups is 1. The molecule has 0 aliphatic carbocycles. The van der Waals surface area contributed by atoms with Crippen LogP contribution < -0.4 is 0 Å². The first kappa shape index (κ1) is 22.0. The van der Waals surface area contributed by atoms with E-state index in [2.05, 4.69) is 19.1 Å². The third-order valence-corrected chi connectivity index (χ3v) is 5.84. The van der Waals surface area contributed by atoms with Gasteiger partial charge in [0.2, 0.25) is 0 Å². The van der Waals surface area contributed by atoms with Crippen LogP contribution >= 0.6 is 11.8 Å². The Hall–Kier alpha value is -1.00. The molecular weight excluding hydrogens is 332 g/mol. The van der Waals surface area contributed by atoms with Gasteiger partial charge < -0.3 is 10.2 Å². The van der Waals surface area contributed by atoms with E-state index < -0.39 is 12.1 Å². The van der Waals surface area contributed by atoms with E-state index in [4.69, 9.17) is 5.11 Å². The van der Waals surface area contributed by atoms with Crippen molar-refractivity contribution < 1.29 is 15.0 Å². The molecule has 1 aromatic rings. The summed E-state index contributed by atoms with van der Waals surface area (Å²) in [7, 11) is 0. The van der Waals surface area contributed by atoms with Crippen molar-refractivity contribution in [3.8, 4) is 0 Å². The maximum absolute atomic E-state index is 10.7. The molecular formula is C21H34O3S. The van der Waals surface area contributed by atoms with Crippen molar-refractivity contribution >= 4 is 17.7 Å². The van der Waals surface area contributed by atoms with Gasteiger partial charge >= 0.3 is 5.97 Å². The van der Waals surface area contributed by atoms with Crippen molar-refractivity contribution in [3.63, 3.8) is 0 Å². The average molecular weight is 367 g/mol. The minimum absolute atomic E-state index is 0.136. The van der Waals surface area contributed by atoms with Gasteiger partial charge in [0.15, 0.2) is 0 Å². The molecule has 25 heavy (non-hydrogen) atoms. The maximum atomic E-state index is 10.7. The zero-order valence-electron chi connectivity index (χ0n) is 15.5. The number of carbonyl (C=O) groups is 1. The number of carboxylic acid groups (broad SMARTS) is 1. The van der Waals surface area contributed by atoms with Crippen molar-refractivity contribution in [1.29, 1.82) is 0 Å². The highest BCUT2D eigenvalue weighted by molar-refractivity contribution is 8.00. The van der Waals surface area contributed by atoms with E-state index in [1.807, 2.05) is 18.2 Å². The van der Waals surface area contributed by atoms with Gasteiger partial charge in [-0.15, -0.1) is 11.8 Å². The molecule has 0 fully saturated rings. The summed E-state index contributed by atoms with van der Waals surface area (Å²) in [6.07, 6.45) is 10.7. The van der Waals surface area contributed by atoms with Gasteiger partial charge in [0, 0.05) is 16.6 Å². The number of rotatable bonds is 15. The molecule has 0 heterocycles. The summed E-state index contributed by atoms with van der Waals surface area (Å²) in [5.74, 6) is -0.786. The molecule has 0 amide bonds. The summed E-state index contributed by atoms with van der Waals surface area (Å²) in [5, 5.41) is 19.5. The maximum Gasteiger partial charge on any atom is 0.303 e. The van der Waals surface area contributed by atoms with Crippen LogP contribution in [0.3, 0.4) is 0 Å². The molecule has 2 atom stereocenters. The second-order valence-corrected chi connectivity index (χ2v) is 8.05. The van der Waals surface area contributed by atoms with E-state index in [1.54, 1.807) is 11.8 Å². The van der Waals surface area contributed by atoms with Gasteiger partial charge in [0.05, 0.1) is 6.10 Å². The van der Waals surface area contributed by atoms with Crippen molar-refractivity contribution in [3.05, 3.63) is 30.3 Å². The second-order valence-electron chi connectivity index (χ2n) is 6.73. The third kappa shape index (κ3) is 11.3. The van der Waals surface area contributed by atoms with Gasteiger partial charge in [-0.3, -0.25) is 4.79 Å².